The average molecular weight is 138 g/mol. The molecular formula is C6H16ClN. The summed E-state index contributed by atoms with van der Waals surface area (Å²) in [6, 6.07) is 0.375. The molecule has 0 bridgehead atoms. The second-order valence-electron chi connectivity index (χ2n) is 2.61. The predicted octanol–water partition coefficient (Wildman–Crippen LogP) is 1.80. The lowest BCUT2D eigenvalue weighted by molar-refractivity contribution is 0.520. The number of rotatable bonds is 2. The van der Waals surface area contributed by atoms with Gasteiger partial charge in [0.1, 0.15) is 0 Å². The third kappa shape index (κ3) is 9.54. The second-order valence-corrected chi connectivity index (χ2v) is 2.61. The van der Waals surface area contributed by atoms with Crippen molar-refractivity contribution in [3.63, 3.8) is 0 Å². The summed E-state index contributed by atoms with van der Waals surface area (Å²) in [6.07, 6.45) is 1.14. The Morgan fingerprint density at radius 1 is 1.25 bits per heavy atom. The Bertz CT molecular complexity index is 37.8. The van der Waals surface area contributed by atoms with Crippen molar-refractivity contribution in [2.45, 2.75) is 33.2 Å². The van der Waals surface area contributed by atoms with Crippen molar-refractivity contribution in [1.29, 1.82) is 0 Å². The molecular weight excluding hydrogens is 122 g/mol. The lowest BCUT2D eigenvalue weighted by atomic mass is 10.1. The Hall–Kier alpha value is 0.250. The molecule has 0 aliphatic carbocycles. The molecule has 8 heavy (non-hydrogen) atoms. The van der Waals surface area contributed by atoms with Crippen LogP contribution in [0.2, 0.25) is 0 Å². The normalized spacial score (nSPS) is 13.1. The van der Waals surface area contributed by atoms with E-state index in [1.807, 2.05) is 6.92 Å². The monoisotopic (exact) mass is 137 g/mol. The summed E-state index contributed by atoms with van der Waals surface area (Å²) in [5.74, 6) is 0.750. The first kappa shape index (κ1) is 11.1. The number of hydrogen-bond donors (Lipinski definition) is 1. The first-order valence-corrected chi connectivity index (χ1v) is 2.88. The first-order valence-electron chi connectivity index (χ1n) is 2.88. The van der Waals surface area contributed by atoms with Crippen LogP contribution in [-0.4, -0.2) is 6.04 Å². The van der Waals surface area contributed by atoms with Crippen LogP contribution in [-0.2, 0) is 0 Å². The summed E-state index contributed by atoms with van der Waals surface area (Å²) in [7, 11) is 0. The third-order valence-electron chi connectivity index (χ3n) is 0.843. The van der Waals surface area contributed by atoms with E-state index in [9.17, 15) is 0 Å². The molecule has 0 radical (unpaired) electrons. The van der Waals surface area contributed by atoms with E-state index in [-0.39, 0.29) is 12.4 Å². The molecule has 0 aromatic carbocycles. The summed E-state index contributed by atoms with van der Waals surface area (Å²) in [4.78, 5) is 0. The van der Waals surface area contributed by atoms with E-state index in [1.54, 1.807) is 0 Å². The van der Waals surface area contributed by atoms with E-state index in [1.165, 1.54) is 0 Å². The Morgan fingerprint density at radius 3 is 1.62 bits per heavy atom. The summed E-state index contributed by atoms with van der Waals surface area (Å²) in [6.45, 7) is 6.41. The Kier molecular flexibility index (Phi) is 7.48. The fourth-order valence-corrected chi connectivity index (χ4v) is 0.744. The van der Waals surface area contributed by atoms with Gasteiger partial charge >= 0.3 is 0 Å². The van der Waals surface area contributed by atoms with E-state index in [0.29, 0.717) is 6.04 Å². The highest BCUT2D eigenvalue weighted by Crippen LogP contribution is 2.00. The zero-order valence-electron chi connectivity index (χ0n) is 5.85. The van der Waals surface area contributed by atoms with Crippen LogP contribution in [0.4, 0.5) is 0 Å². The zero-order chi connectivity index (χ0) is 5.86. The van der Waals surface area contributed by atoms with Crippen molar-refractivity contribution in [3.8, 4) is 0 Å². The zero-order valence-corrected chi connectivity index (χ0v) is 6.66. The lowest BCUT2D eigenvalue weighted by Crippen LogP contribution is -2.16. The van der Waals surface area contributed by atoms with E-state index >= 15 is 0 Å². The van der Waals surface area contributed by atoms with Crippen LogP contribution in [0.15, 0.2) is 0 Å². The summed E-state index contributed by atoms with van der Waals surface area (Å²) < 4.78 is 0. The maximum absolute atomic E-state index is 5.49. The Labute approximate surface area is 58.1 Å². The van der Waals surface area contributed by atoms with Crippen molar-refractivity contribution < 1.29 is 0 Å². The number of hydrogen-bond acceptors (Lipinski definition) is 1. The van der Waals surface area contributed by atoms with Crippen LogP contribution < -0.4 is 5.73 Å². The van der Waals surface area contributed by atoms with Crippen molar-refractivity contribution in [3.05, 3.63) is 0 Å². The topological polar surface area (TPSA) is 26.0 Å². The fourth-order valence-electron chi connectivity index (χ4n) is 0.744. The van der Waals surface area contributed by atoms with Gasteiger partial charge in [0.2, 0.25) is 0 Å². The Balaban J connectivity index is 0. The van der Waals surface area contributed by atoms with Gasteiger partial charge in [-0.3, -0.25) is 0 Å². The molecule has 0 spiro atoms. The molecule has 52 valence electrons. The van der Waals surface area contributed by atoms with Crippen molar-refractivity contribution in [2.24, 2.45) is 11.7 Å². The van der Waals surface area contributed by atoms with Crippen molar-refractivity contribution in [1.82, 2.24) is 0 Å². The fraction of sp³-hybridized carbons (Fsp3) is 1.00. The molecule has 0 aliphatic heterocycles. The minimum absolute atomic E-state index is 0. The average Bonchev–Trinajstić information content (AvgIpc) is 1.27. The molecule has 0 aliphatic rings. The molecule has 2 heteroatoms. The highest BCUT2D eigenvalue weighted by molar-refractivity contribution is 5.85. The molecule has 0 fully saturated rings. The van der Waals surface area contributed by atoms with Gasteiger partial charge in [0.25, 0.3) is 0 Å². The van der Waals surface area contributed by atoms with Crippen LogP contribution in [0.1, 0.15) is 27.2 Å². The van der Waals surface area contributed by atoms with Crippen LogP contribution in [0.3, 0.4) is 0 Å². The maximum Gasteiger partial charge on any atom is 0.00129 e. The van der Waals surface area contributed by atoms with Gasteiger partial charge in [-0.2, -0.15) is 0 Å². The van der Waals surface area contributed by atoms with E-state index in [2.05, 4.69) is 13.8 Å². The molecule has 2 N–H and O–H groups in total. The van der Waals surface area contributed by atoms with Gasteiger partial charge in [-0.15, -0.1) is 12.4 Å². The first-order chi connectivity index (χ1) is 3.13. The molecule has 0 amide bonds. The minimum atomic E-state index is 0. The van der Waals surface area contributed by atoms with Crippen LogP contribution >= 0.6 is 12.4 Å². The highest BCUT2D eigenvalue weighted by atomic mass is 35.5. The molecule has 0 aromatic rings. The molecule has 1 nitrogen and oxygen atoms in total. The molecule has 0 saturated heterocycles. The van der Waals surface area contributed by atoms with Gasteiger partial charge in [-0.1, -0.05) is 13.8 Å². The highest BCUT2D eigenvalue weighted by Gasteiger charge is 1.95. The third-order valence-corrected chi connectivity index (χ3v) is 0.843. The maximum atomic E-state index is 5.49. The van der Waals surface area contributed by atoms with Gasteiger partial charge in [0.05, 0.1) is 0 Å². The predicted molar refractivity (Wildman–Crippen MR) is 40.4 cm³/mol. The second kappa shape index (κ2) is 5.39. The van der Waals surface area contributed by atoms with E-state index < -0.39 is 0 Å². The Morgan fingerprint density at radius 2 is 1.62 bits per heavy atom. The summed E-state index contributed by atoms with van der Waals surface area (Å²) >= 11 is 0. The molecule has 0 heterocycles. The SMILES string of the molecule is CC(C)C[C@@H](C)N.Cl. The number of nitrogens with two attached hydrogens (primary N) is 1. The molecule has 0 rings (SSSR count). The van der Waals surface area contributed by atoms with E-state index in [4.69, 9.17) is 5.73 Å². The number of halogens is 1. The molecule has 0 aromatic heterocycles. The van der Waals surface area contributed by atoms with Crippen LogP contribution in [0.25, 0.3) is 0 Å². The van der Waals surface area contributed by atoms with Gasteiger partial charge in [0.15, 0.2) is 0 Å². The molecule has 1 atom stereocenters. The van der Waals surface area contributed by atoms with Crippen molar-refractivity contribution >= 4 is 12.4 Å². The lowest BCUT2D eigenvalue weighted by Gasteiger charge is -2.05. The largest absolute Gasteiger partial charge is 0.328 e. The minimum Gasteiger partial charge on any atom is -0.328 e. The van der Waals surface area contributed by atoms with Crippen LogP contribution in [0, 0.1) is 5.92 Å². The van der Waals surface area contributed by atoms with Crippen molar-refractivity contribution in [2.75, 3.05) is 0 Å². The standard InChI is InChI=1S/C6H15N.ClH/c1-5(2)4-6(3)7;/h5-6H,4,7H2,1-3H3;1H/t6-;/m1./s1. The van der Waals surface area contributed by atoms with Gasteiger partial charge in [-0.05, 0) is 19.3 Å². The molecule has 0 unspecified atom stereocenters. The van der Waals surface area contributed by atoms with E-state index in [0.717, 1.165) is 12.3 Å². The van der Waals surface area contributed by atoms with Crippen LogP contribution in [0.5, 0.6) is 0 Å². The van der Waals surface area contributed by atoms with Gasteiger partial charge in [0, 0.05) is 6.04 Å². The molecule has 0 saturated carbocycles. The quantitative estimate of drug-likeness (QED) is 0.617. The van der Waals surface area contributed by atoms with Gasteiger partial charge in [-0.25, -0.2) is 0 Å². The van der Waals surface area contributed by atoms with Gasteiger partial charge < -0.3 is 5.73 Å². The smallest absolute Gasteiger partial charge is 0.00129 e. The summed E-state index contributed by atoms with van der Waals surface area (Å²) in [5.41, 5.74) is 5.49. The summed E-state index contributed by atoms with van der Waals surface area (Å²) in [5, 5.41) is 0.